The van der Waals surface area contributed by atoms with E-state index < -0.39 is 0 Å². The summed E-state index contributed by atoms with van der Waals surface area (Å²) in [4.78, 5) is 14.3. The number of hydrogen-bond donors (Lipinski definition) is 1. The molecule has 1 aliphatic carbocycles. The average Bonchev–Trinajstić information content (AvgIpc) is 2.45. The largest absolute Gasteiger partial charge is 0.391 e. The van der Waals surface area contributed by atoms with Gasteiger partial charge in [0, 0.05) is 12.6 Å². The monoisotopic (exact) mass is 289 g/mol. The molecule has 1 fully saturated rings. The molecule has 0 aliphatic heterocycles. The van der Waals surface area contributed by atoms with E-state index >= 15 is 0 Å². The van der Waals surface area contributed by atoms with E-state index in [1.807, 2.05) is 24.3 Å². The van der Waals surface area contributed by atoms with Crippen molar-refractivity contribution in [1.82, 2.24) is 4.90 Å². The molecule has 21 heavy (non-hydrogen) atoms. The van der Waals surface area contributed by atoms with Crippen molar-refractivity contribution in [3.05, 3.63) is 35.4 Å². The van der Waals surface area contributed by atoms with E-state index in [4.69, 9.17) is 0 Å². The van der Waals surface area contributed by atoms with Crippen LogP contribution in [0.5, 0.6) is 0 Å². The van der Waals surface area contributed by atoms with Crippen LogP contribution in [-0.4, -0.2) is 35.1 Å². The molecule has 3 heteroatoms. The Hall–Kier alpha value is -1.35. The van der Waals surface area contributed by atoms with Gasteiger partial charge in [0.15, 0.2) is 0 Å². The number of rotatable bonds is 2. The first-order valence-corrected chi connectivity index (χ1v) is 7.86. The number of aliphatic hydroxyl groups excluding tert-OH is 1. The van der Waals surface area contributed by atoms with E-state index in [1.54, 1.807) is 11.9 Å². The first-order chi connectivity index (χ1) is 9.80. The summed E-state index contributed by atoms with van der Waals surface area (Å²) >= 11 is 0. The Bertz CT molecular complexity index is 487. The number of carbonyl (C=O) groups excluding carboxylic acids is 1. The molecular weight excluding hydrogens is 262 g/mol. The summed E-state index contributed by atoms with van der Waals surface area (Å²) in [5.41, 5.74) is 2.01. The van der Waals surface area contributed by atoms with E-state index in [9.17, 15) is 9.90 Å². The molecule has 2 rings (SSSR count). The van der Waals surface area contributed by atoms with Crippen LogP contribution in [0.1, 0.15) is 62.4 Å². The quantitative estimate of drug-likeness (QED) is 0.907. The third kappa shape index (κ3) is 3.65. The Morgan fingerprint density at radius 2 is 1.71 bits per heavy atom. The van der Waals surface area contributed by atoms with Gasteiger partial charge in [-0.05, 0) is 36.0 Å². The molecule has 2 atom stereocenters. The van der Waals surface area contributed by atoms with E-state index in [-0.39, 0.29) is 23.5 Å². The molecule has 0 spiro atoms. The number of carbonyl (C=O) groups is 1. The second-order valence-corrected chi connectivity index (χ2v) is 7.16. The van der Waals surface area contributed by atoms with Gasteiger partial charge in [0.25, 0.3) is 5.91 Å². The van der Waals surface area contributed by atoms with Crippen LogP contribution in [0.3, 0.4) is 0 Å². The first kappa shape index (κ1) is 16.0. The van der Waals surface area contributed by atoms with Crippen molar-refractivity contribution in [2.45, 2.75) is 64.0 Å². The van der Waals surface area contributed by atoms with Crippen molar-refractivity contribution in [3.8, 4) is 0 Å². The highest BCUT2D eigenvalue weighted by Crippen LogP contribution is 2.25. The smallest absolute Gasteiger partial charge is 0.253 e. The summed E-state index contributed by atoms with van der Waals surface area (Å²) < 4.78 is 0. The molecule has 3 nitrogen and oxygen atoms in total. The highest BCUT2D eigenvalue weighted by atomic mass is 16.3. The average molecular weight is 289 g/mol. The van der Waals surface area contributed by atoms with Gasteiger partial charge in [0.1, 0.15) is 0 Å². The maximum atomic E-state index is 12.6. The standard InChI is InChI=1S/C18H27NO2/c1-18(2,3)14-11-9-13(10-12-14)17(21)19(4)15-7-5-6-8-16(15)20/h9-12,15-16,20H,5-8H2,1-4H3/t15-,16+/m0/s1. The summed E-state index contributed by atoms with van der Waals surface area (Å²) in [7, 11) is 1.80. The minimum Gasteiger partial charge on any atom is -0.391 e. The molecular formula is C18H27NO2. The van der Waals surface area contributed by atoms with Gasteiger partial charge in [-0.15, -0.1) is 0 Å². The van der Waals surface area contributed by atoms with Gasteiger partial charge in [-0.25, -0.2) is 0 Å². The fourth-order valence-electron chi connectivity index (χ4n) is 3.01. The van der Waals surface area contributed by atoms with Crippen molar-refractivity contribution >= 4 is 5.91 Å². The molecule has 1 amide bonds. The topological polar surface area (TPSA) is 40.5 Å². The molecule has 1 aromatic rings. The number of amides is 1. The number of nitrogens with zero attached hydrogens (tertiary/aromatic N) is 1. The maximum Gasteiger partial charge on any atom is 0.253 e. The zero-order valence-corrected chi connectivity index (χ0v) is 13.6. The summed E-state index contributed by atoms with van der Waals surface area (Å²) in [6.07, 6.45) is 3.44. The third-order valence-electron chi connectivity index (χ3n) is 4.51. The van der Waals surface area contributed by atoms with Crippen LogP contribution in [0.2, 0.25) is 0 Å². The van der Waals surface area contributed by atoms with E-state index in [0.717, 1.165) is 25.7 Å². The van der Waals surface area contributed by atoms with Gasteiger partial charge in [-0.3, -0.25) is 4.79 Å². The molecule has 0 saturated heterocycles. The second-order valence-electron chi connectivity index (χ2n) is 7.16. The lowest BCUT2D eigenvalue weighted by atomic mass is 9.86. The second kappa shape index (κ2) is 6.18. The Balaban J connectivity index is 2.12. The molecule has 0 aromatic heterocycles. The lowest BCUT2D eigenvalue weighted by Crippen LogP contribution is -2.46. The van der Waals surface area contributed by atoms with Crippen molar-refractivity contribution in [1.29, 1.82) is 0 Å². The zero-order valence-electron chi connectivity index (χ0n) is 13.6. The van der Waals surface area contributed by atoms with Crippen molar-refractivity contribution < 1.29 is 9.90 Å². The number of hydrogen-bond acceptors (Lipinski definition) is 2. The van der Waals surface area contributed by atoms with Crippen LogP contribution >= 0.6 is 0 Å². The molecule has 1 saturated carbocycles. The molecule has 0 unspecified atom stereocenters. The zero-order chi connectivity index (χ0) is 15.6. The Kier molecular flexibility index (Phi) is 4.72. The third-order valence-corrected chi connectivity index (χ3v) is 4.51. The Morgan fingerprint density at radius 3 is 2.24 bits per heavy atom. The predicted octanol–water partition coefficient (Wildman–Crippen LogP) is 3.36. The Labute approximate surface area is 128 Å². The van der Waals surface area contributed by atoms with Crippen molar-refractivity contribution in [2.24, 2.45) is 0 Å². The van der Waals surface area contributed by atoms with Crippen LogP contribution < -0.4 is 0 Å². The highest BCUT2D eigenvalue weighted by molar-refractivity contribution is 5.94. The summed E-state index contributed by atoms with van der Waals surface area (Å²) in [5.74, 6) is 0.00130. The van der Waals surface area contributed by atoms with Gasteiger partial charge >= 0.3 is 0 Å². The highest BCUT2D eigenvalue weighted by Gasteiger charge is 2.29. The number of likely N-dealkylation sites (N-methyl/N-ethyl adjacent to an activating group) is 1. The van der Waals surface area contributed by atoms with Crippen molar-refractivity contribution in [2.75, 3.05) is 7.05 Å². The number of benzene rings is 1. The minimum absolute atomic E-state index is 0.00130. The van der Waals surface area contributed by atoms with Crippen LogP contribution in [0.15, 0.2) is 24.3 Å². The molecule has 1 N–H and O–H groups in total. The van der Waals surface area contributed by atoms with Gasteiger partial charge < -0.3 is 10.0 Å². The summed E-state index contributed by atoms with van der Waals surface area (Å²) in [5, 5.41) is 10.1. The van der Waals surface area contributed by atoms with Crippen LogP contribution in [0.25, 0.3) is 0 Å². The van der Waals surface area contributed by atoms with Crippen molar-refractivity contribution in [3.63, 3.8) is 0 Å². The summed E-state index contributed by atoms with van der Waals surface area (Å²) in [6, 6.07) is 7.80. The van der Waals surface area contributed by atoms with E-state index in [2.05, 4.69) is 20.8 Å². The normalized spacial score (nSPS) is 22.9. The van der Waals surface area contributed by atoms with Gasteiger partial charge in [-0.2, -0.15) is 0 Å². The maximum absolute atomic E-state index is 12.6. The van der Waals surface area contributed by atoms with Gasteiger partial charge in [0.2, 0.25) is 0 Å². The van der Waals surface area contributed by atoms with Gasteiger partial charge in [-0.1, -0.05) is 45.7 Å². The molecule has 0 bridgehead atoms. The molecule has 1 aromatic carbocycles. The SMILES string of the molecule is CN(C(=O)c1ccc(C(C)(C)C)cc1)[C@H]1CCCC[C@H]1O. The Morgan fingerprint density at radius 1 is 1.14 bits per heavy atom. The van der Waals surface area contributed by atoms with Crippen LogP contribution in [-0.2, 0) is 5.41 Å². The lowest BCUT2D eigenvalue weighted by Gasteiger charge is -2.35. The van der Waals surface area contributed by atoms with E-state index in [1.165, 1.54) is 5.56 Å². The van der Waals surface area contributed by atoms with E-state index in [0.29, 0.717) is 5.56 Å². The first-order valence-electron chi connectivity index (χ1n) is 7.86. The summed E-state index contributed by atoms with van der Waals surface area (Å²) in [6.45, 7) is 6.48. The fraction of sp³-hybridized carbons (Fsp3) is 0.611. The lowest BCUT2D eigenvalue weighted by molar-refractivity contribution is 0.0268. The molecule has 0 radical (unpaired) electrons. The molecule has 1 aliphatic rings. The number of aliphatic hydroxyl groups is 1. The predicted molar refractivity (Wildman–Crippen MR) is 85.5 cm³/mol. The fourth-order valence-corrected chi connectivity index (χ4v) is 3.01. The van der Waals surface area contributed by atoms with Gasteiger partial charge in [0.05, 0.1) is 12.1 Å². The van der Waals surface area contributed by atoms with Crippen LogP contribution in [0.4, 0.5) is 0 Å². The minimum atomic E-state index is -0.387. The molecule has 116 valence electrons. The molecule has 0 heterocycles. The van der Waals surface area contributed by atoms with Crippen LogP contribution in [0, 0.1) is 0 Å².